The van der Waals surface area contributed by atoms with Gasteiger partial charge in [-0.2, -0.15) is 0 Å². The van der Waals surface area contributed by atoms with E-state index in [9.17, 15) is 9.90 Å². The highest BCUT2D eigenvalue weighted by molar-refractivity contribution is 5.86. The van der Waals surface area contributed by atoms with Crippen LogP contribution in [0.5, 0.6) is 11.5 Å². The third-order valence-corrected chi connectivity index (χ3v) is 5.74. The van der Waals surface area contributed by atoms with Crippen LogP contribution in [0.1, 0.15) is 31.2 Å². The number of hydrogen-bond acceptors (Lipinski definition) is 6. The molecule has 1 aromatic rings. The summed E-state index contributed by atoms with van der Waals surface area (Å²) in [5.41, 5.74) is -0.482. The van der Waals surface area contributed by atoms with Gasteiger partial charge in [0.15, 0.2) is 17.1 Å². The summed E-state index contributed by atoms with van der Waals surface area (Å²) in [6.07, 6.45) is 3.31. The largest absolute Gasteiger partial charge is 0.493 e. The lowest BCUT2D eigenvalue weighted by Crippen LogP contribution is -2.58. The standard InChI is InChI=1S/C21H32N2O5/c1-26-18-6-3-5-17(19(18)27-2)14-23-10-4-9-21(25,20(23)24)15-22-13-16-7-11-28-12-8-16/h3,5-6,16,22,25H,4,7-15H2,1-2H3/t21-/m0/s1. The van der Waals surface area contributed by atoms with Crippen molar-refractivity contribution in [3.63, 3.8) is 0 Å². The summed E-state index contributed by atoms with van der Waals surface area (Å²) >= 11 is 0. The van der Waals surface area contributed by atoms with E-state index in [2.05, 4.69) is 5.32 Å². The fraction of sp³-hybridized carbons (Fsp3) is 0.667. The molecule has 2 aliphatic rings. The number of benzene rings is 1. The zero-order valence-electron chi connectivity index (χ0n) is 16.9. The summed E-state index contributed by atoms with van der Waals surface area (Å²) in [6.45, 7) is 3.71. The van der Waals surface area contributed by atoms with Gasteiger partial charge in [0, 0.05) is 38.4 Å². The highest BCUT2D eigenvalue weighted by Gasteiger charge is 2.42. The van der Waals surface area contributed by atoms with Crippen LogP contribution in [-0.4, -0.2) is 68.6 Å². The molecule has 0 aromatic heterocycles. The van der Waals surface area contributed by atoms with Gasteiger partial charge in [0.2, 0.25) is 0 Å². The van der Waals surface area contributed by atoms with E-state index >= 15 is 0 Å². The maximum Gasteiger partial charge on any atom is 0.256 e. The van der Waals surface area contributed by atoms with Crippen molar-refractivity contribution in [2.45, 2.75) is 37.8 Å². The van der Waals surface area contributed by atoms with E-state index in [-0.39, 0.29) is 12.5 Å². The van der Waals surface area contributed by atoms with Gasteiger partial charge in [-0.1, -0.05) is 12.1 Å². The molecule has 2 heterocycles. The van der Waals surface area contributed by atoms with Gasteiger partial charge in [-0.25, -0.2) is 0 Å². The summed E-state index contributed by atoms with van der Waals surface area (Å²) in [4.78, 5) is 14.8. The van der Waals surface area contributed by atoms with Crippen LogP contribution in [0.3, 0.4) is 0 Å². The molecule has 7 nitrogen and oxygen atoms in total. The number of amides is 1. The fourth-order valence-corrected chi connectivity index (χ4v) is 4.10. The van der Waals surface area contributed by atoms with Crippen molar-refractivity contribution in [3.8, 4) is 11.5 Å². The first-order valence-electron chi connectivity index (χ1n) is 10.1. The summed E-state index contributed by atoms with van der Waals surface area (Å²) in [5, 5.41) is 14.3. The topological polar surface area (TPSA) is 80.3 Å². The van der Waals surface area contributed by atoms with Gasteiger partial charge in [0.05, 0.1) is 14.2 Å². The molecule has 156 valence electrons. The summed E-state index contributed by atoms with van der Waals surface area (Å²) in [6, 6.07) is 5.63. The minimum atomic E-state index is -1.35. The van der Waals surface area contributed by atoms with Crippen molar-refractivity contribution >= 4 is 5.91 Å². The van der Waals surface area contributed by atoms with Crippen molar-refractivity contribution in [1.29, 1.82) is 0 Å². The van der Waals surface area contributed by atoms with Crippen molar-refractivity contribution in [2.75, 3.05) is 47.1 Å². The van der Waals surface area contributed by atoms with Gasteiger partial charge in [0.25, 0.3) is 5.91 Å². The summed E-state index contributed by atoms with van der Waals surface area (Å²) in [5.74, 6) is 1.60. The van der Waals surface area contributed by atoms with E-state index < -0.39 is 5.60 Å². The number of rotatable bonds is 8. The molecular weight excluding hydrogens is 360 g/mol. The molecule has 1 atom stereocenters. The van der Waals surface area contributed by atoms with Crippen LogP contribution in [-0.2, 0) is 16.1 Å². The van der Waals surface area contributed by atoms with Crippen LogP contribution in [0.2, 0.25) is 0 Å². The molecule has 7 heteroatoms. The third-order valence-electron chi connectivity index (χ3n) is 5.74. The van der Waals surface area contributed by atoms with Gasteiger partial charge in [-0.15, -0.1) is 0 Å². The normalized spacial score (nSPS) is 23.7. The van der Waals surface area contributed by atoms with Crippen LogP contribution < -0.4 is 14.8 Å². The second-order valence-electron chi connectivity index (χ2n) is 7.70. The number of methoxy groups -OCH3 is 2. The van der Waals surface area contributed by atoms with E-state index in [1.54, 1.807) is 19.1 Å². The van der Waals surface area contributed by atoms with E-state index in [1.807, 2.05) is 18.2 Å². The number of ether oxygens (including phenoxy) is 3. The first-order chi connectivity index (χ1) is 13.6. The minimum Gasteiger partial charge on any atom is -0.493 e. The van der Waals surface area contributed by atoms with E-state index in [4.69, 9.17) is 14.2 Å². The predicted octanol–water partition coefficient (Wildman–Crippen LogP) is 1.57. The highest BCUT2D eigenvalue weighted by atomic mass is 16.5. The monoisotopic (exact) mass is 392 g/mol. The molecule has 1 aromatic carbocycles. The van der Waals surface area contributed by atoms with Crippen LogP contribution in [0.4, 0.5) is 0 Å². The SMILES string of the molecule is COc1cccc(CN2CCC[C@](O)(CNCC3CCOCC3)C2=O)c1OC. The van der Waals surface area contributed by atoms with Gasteiger partial charge in [-0.3, -0.25) is 4.79 Å². The molecule has 1 amide bonds. The third kappa shape index (κ3) is 4.77. The number of carbonyl (C=O) groups excluding carboxylic acids is 1. The Labute approximate surface area is 166 Å². The zero-order valence-corrected chi connectivity index (χ0v) is 16.9. The smallest absolute Gasteiger partial charge is 0.256 e. The average molecular weight is 392 g/mol. The molecule has 2 fully saturated rings. The number of piperidine rings is 1. The molecular formula is C21H32N2O5. The number of nitrogens with one attached hydrogen (secondary N) is 1. The van der Waals surface area contributed by atoms with Crippen LogP contribution >= 0.6 is 0 Å². The molecule has 0 saturated carbocycles. The number of hydrogen-bond donors (Lipinski definition) is 2. The Morgan fingerprint density at radius 3 is 2.79 bits per heavy atom. The maximum absolute atomic E-state index is 13.0. The Hall–Kier alpha value is -1.83. The van der Waals surface area contributed by atoms with Crippen molar-refractivity contribution in [1.82, 2.24) is 10.2 Å². The fourth-order valence-electron chi connectivity index (χ4n) is 4.10. The maximum atomic E-state index is 13.0. The Morgan fingerprint density at radius 2 is 2.07 bits per heavy atom. The van der Waals surface area contributed by atoms with E-state index in [0.29, 0.717) is 36.9 Å². The van der Waals surface area contributed by atoms with Crippen molar-refractivity contribution in [2.24, 2.45) is 5.92 Å². The lowest BCUT2D eigenvalue weighted by molar-refractivity contribution is -0.157. The van der Waals surface area contributed by atoms with Crippen LogP contribution in [0.25, 0.3) is 0 Å². The second-order valence-corrected chi connectivity index (χ2v) is 7.70. The van der Waals surface area contributed by atoms with Crippen molar-refractivity contribution in [3.05, 3.63) is 23.8 Å². The molecule has 3 rings (SSSR count). The van der Waals surface area contributed by atoms with E-state index in [0.717, 1.165) is 44.6 Å². The zero-order chi connectivity index (χ0) is 20.0. The lowest BCUT2D eigenvalue weighted by atomic mass is 9.90. The number of nitrogens with zero attached hydrogens (tertiary/aromatic N) is 1. The Morgan fingerprint density at radius 1 is 1.29 bits per heavy atom. The van der Waals surface area contributed by atoms with Gasteiger partial charge >= 0.3 is 0 Å². The summed E-state index contributed by atoms with van der Waals surface area (Å²) < 4.78 is 16.2. The molecule has 2 aliphatic heterocycles. The Balaban J connectivity index is 1.61. The highest BCUT2D eigenvalue weighted by Crippen LogP contribution is 2.33. The molecule has 0 aliphatic carbocycles. The molecule has 0 radical (unpaired) electrons. The van der Waals surface area contributed by atoms with Gasteiger partial charge in [-0.05, 0) is 44.2 Å². The van der Waals surface area contributed by atoms with Gasteiger partial charge in [0.1, 0.15) is 0 Å². The number of carbonyl (C=O) groups is 1. The van der Waals surface area contributed by atoms with Crippen LogP contribution in [0.15, 0.2) is 18.2 Å². The molecule has 0 bridgehead atoms. The van der Waals surface area contributed by atoms with Gasteiger partial charge < -0.3 is 29.5 Å². The van der Waals surface area contributed by atoms with E-state index in [1.165, 1.54) is 0 Å². The Kier molecular flexibility index (Phi) is 7.15. The first kappa shape index (κ1) is 20.9. The predicted molar refractivity (Wildman–Crippen MR) is 106 cm³/mol. The molecule has 0 spiro atoms. The van der Waals surface area contributed by atoms with Crippen LogP contribution in [0, 0.1) is 5.92 Å². The molecule has 2 saturated heterocycles. The van der Waals surface area contributed by atoms with Crippen molar-refractivity contribution < 1.29 is 24.1 Å². The minimum absolute atomic E-state index is 0.219. The first-order valence-corrected chi connectivity index (χ1v) is 10.1. The molecule has 2 N–H and O–H groups in total. The number of likely N-dealkylation sites (tertiary alicyclic amines) is 1. The average Bonchev–Trinajstić information content (AvgIpc) is 2.72. The lowest BCUT2D eigenvalue weighted by Gasteiger charge is -2.39. The summed E-state index contributed by atoms with van der Waals surface area (Å²) in [7, 11) is 3.19. The second kappa shape index (κ2) is 9.58. The number of para-hydroxylation sites is 1. The number of aliphatic hydroxyl groups is 1. The Bertz CT molecular complexity index is 662. The molecule has 0 unspecified atom stereocenters. The quantitative estimate of drug-likeness (QED) is 0.699. The molecule has 28 heavy (non-hydrogen) atoms.